The van der Waals surface area contributed by atoms with E-state index in [-0.39, 0.29) is 53.1 Å². The van der Waals surface area contributed by atoms with Crippen LogP contribution in [0, 0.1) is 5.92 Å². The summed E-state index contributed by atoms with van der Waals surface area (Å²) < 4.78 is 0.815. The first kappa shape index (κ1) is 23.0. The maximum Gasteiger partial charge on any atom is -1.00 e. The van der Waals surface area contributed by atoms with Gasteiger partial charge in [0.05, 0.1) is 0 Å². The first-order chi connectivity index (χ1) is 12.2. The molecule has 0 saturated carbocycles. The summed E-state index contributed by atoms with van der Waals surface area (Å²) in [6, 6.07) is 18.1. The van der Waals surface area contributed by atoms with E-state index in [2.05, 4.69) is 91.3 Å². The fraction of sp³-hybridized carbons (Fsp3) is 0.182. The van der Waals surface area contributed by atoms with Crippen molar-refractivity contribution in [3.8, 4) is 11.1 Å². The van der Waals surface area contributed by atoms with E-state index in [0.717, 1.165) is 3.63 Å². The van der Waals surface area contributed by atoms with Crippen molar-refractivity contribution in [2.45, 2.75) is 16.7 Å². The minimum Gasteiger partial charge on any atom is -1.00 e. The Morgan fingerprint density at radius 1 is 0.852 bits per heavy atom. The van der Waals surface area contributed by atoms with E-state index < -0.39 is 0 Å². The summed E-state index contributed by atoms with van der Waals surface area (Å²) in [6.07, 6.45) is 8.73. The van der Waals surface area contributed by atoms with Crippen LogP contribution in [0.3, 0.4) is 0 Å². The van der Waals surface area contributed by atoms with Crippen molar-refractivity contribution in [3.05, 3.63) is 94.3 Å². The van der Waals surface area contributed by atoms with Crippen LogP contribution in [0.15, 0.2) is 83.1 Å². The number of benzene rings is 2. The third-order valence-corrected chi connectivity index (χ3v) is 14.4. The molecule has 0 spiro atoms. The standard InChI is InChI=1S/C13H9.C7H6S.C2H6Si.2ClH.Zr/c1-3-7-12-10(5-1)9-11-6-2-4-8-13(11)12;1-2-6-4-5-8-7(6)3-1;1-3-2;;;/h1-9H;1-6H;1-2H3;2*1H;/q;;;;;+2/p-2. The maximum atomic E-state index is 2.49. The molecule has 0 saturated heterocycles. The first-order valence-electron chi connectivity index (χ1n) is 8.70. The average molecular weight is 508 g/mol. The van der Waals surface area contributed by atoms with Crippen molar-refractivity contribution in [1.29, 1.82) is 0 Å². The second kappa shape index (κ2) is 10.5. The maximum absolute atomic E-state index is 2.49. The molecule has 2 aromatic rings. The summed E-state index contributed by atoms with van der Waals surface area (Å²) in [6.45, 7) is 4.97. The van der Waals surface area contributed by atoms with Crippen LogP contribution < -0.4 is 24.8 Å². The molecule has 0 N–H and O–H groups in total. The van der Waals surface area contributed by atoms with Gasteiger partial charge in [0, 0.05) is 5.92 Å². The van der Waals surface area contributed by atoms with Gasteiger partial charge in [0.1, 0.15) is 0 Å². The number of allylic oxidation sites excluding steroid dienone is 5. The molecule has 0 fully saturated rings. The number of thioether (sulfide) groups is 1. The minimum absolute atomic E-state index is 0. The van der Waals surface area contributed by atoms with Gasteiger partial charge in [0.2, 0.25) is 0 Å². The molecule has 5 rings (SSSR count). The van der Waals surface area contributed by atoms with E-state index in [0.29, 0.717) is 5.92 Å². The van der Waals surface area contributed by atoms with Crippen molar-refractivity contribution in [3.63, 3.8) is 0 Å². The van der Waals surface area contributed by atoms with E-state index in [4.69, 9.17) is 0 Å². The van der Waals surface area contributed by atoms with Gasteiger partial charge in [-0.1, -0.05) is 24.3 Å². The zero-order valence-corrected chi connectivity index (χ0v) is 21.1. The Labute approximate surface area is 191 Å². The molecule has 2 aliphatic carbocycles. The molecule has 2 aromatic carbocycles. The monoisotopic (exact) mass is 505 g/mol. The van der Waals surface area contributed by atoms with Gasteiger partial charge in [-0.2, -0.15) is 0 Å². The van der Waals surface area contributed by atoms with E-state index in [1.807, 2.05) is 11.8 Å². The summed E-state index contributed by atoms with van der Waals surface area (Å²) in [7, 11) is 0. The molecule has 27 heavy (non-hydrogen) atoms. The van der Waals surface area contributed by atoms with Gasteiger partial charge in [0.25, 0.3) is 0 Å². The topological polar surface area (TPSA) is 0 Å². The summed E-state index contributed by atoms with van der Waals surface area (Å²) in [5.74, 6) is 0.608. The molecule has 1 atom stereocenters. The Kier molecular flexibility index (Phi) is 8.90. The fourth-order valence-electron chi connectivity index (χ4n) is 3.56. The molecule has 0 nitrogen and oxygen atoms in total. The van der Waals surface area contributed by atoms with E-state index in [9.17, 15) is 0 Å². The normalized spacial score (nSPS) is 17.6. The SMILES string of the molecule is C1=CC2C=CSC2=C1.C[Si](C)[Zr+2][CH]1c2ccccc2-c2ccccc21.[Cl-].[Cl-]. The largest absolute Gasteiger partial charge is 1.00 e. The molecule has 1 radical (unpaired) electrons. The van der Waals surface area contributed by atoms with Crippen molar-refractivity contribution < 1.29 is 47.2 Å². The van der Waals surface area contributed by atoms with Crippen LogP contribution in [0.25, 0.3) is 11.1 Å². The van der Waals surface area contributed by atoms with Gasteiger partial charge >= 0.3 is 116 Å². The zero-order valence-electron chi connectivity index (χ0n) is 15.3. The third kappa shape index (κ3) is 5.00. The predicted molar refractivity (Wildman–Crippen MR) is 109 cm³/mol. The number of halogens is 2. The van der Waals surface area contributed by atoms with Crippen LogP contribution in [0.5, 0.6) is 0 Å². The summed E-state index contributed by atoms with van der Waals surface area (Å²) in [5.41, 5.74) is 6.23. The molecule has 1 aliphatic heterocycles. The van der Waals surface area contributed by atoms with E-state index in [1.165, 1.54) is 16.0 Å². The van der Waals surface area contributed by atoms with Gasteiger partial charge < -0.3 is 24.8 Å². The van der Waals surface area contributed by atoms with Gasteiger partial charge in [-0.3, -0.25) is 0 Å². The Morgan fingerprint density at radius 3 is 2.00 bits per heavy atom. The molecule has 0 aromatic heterocycles. The van der Waals surface area contributed by atoms with Gasteiger partial charge in [-0.25, -0.2) is 0 Å². The van der Waals surface area contributed by atoms with E-state index in [1.54, 1.807) is 11.1 Å². The second-order valence-corrected chi connectivity index (χ2v) is 20.9. The Bertz CT molecular complexity index is 831. The van der Waals surface area contributed by atoms with Crippen molar-refractivity contribution in [1.82, 2.24) is 0 Å². The van der Waals surface area contributed by atoms with Crippen LogP contribution >= 0.6 is 11.8 Å². The number of hydrogen-bond donors (Lipinski definition) is 0. The van der Waals surface area contributed by atoms with Crippen LogP contribution in [-0.4, -0.2) is 5.92 Å². The zero-order chi connectivity index (χ0) is 17.2. The molecular weight excluding hydrogens is 487 g/mol. The molecule has 0 bridgehead atoms. The Morgan fingerprint density at radius 2 is 1.44 bits per heavy atom. The fourth-order valence-corrected chi connectivity index (χ4v) is 13.1. The van der Waals surface area contributed by atoms with Crippen LogP contribution in [0.2, 0.25) is 13.1 Å². The molecule has 1 heterocycles. The van der Waals surface area contributed by atoms with Crippen molar-refractivity contribution >= 4 is 17.7 Å². The van der Waals surface area contributed by atoms with Crippen LogP contribution in [0.4, 0.5) is 0 Å². The Hall–Kier alpha value is -0.310. The van der Waals surface area contributed by atoms with Crippen molar-refractivity contribution in [2.24, 2.45) is 5.92 Å². The van der Waals surface area contributed by atoms with Gasteiger partial charge in [-0.15, -0.1) is 11.8 Å². The van der Waals surface area contributed by atoms with Gasteiger partial charge in [0.15, 0.2) is 0 Å². The quantitative estimate of drug-likeness (QED) is 0.531. The third-order valence-electron chi connectivity index (χ3n) is 4.66. The van der Waals surface area contributed by atoms with Crippen LogP contribution in [-0.2, 0) is 22.4 Å². The molecule has 1 unspecified atom stereocenters. The number of fused-ring (bicyclic) bond motifs is 4. The van der Waals surface area contributed by atoms with E-state index >= 15 is 0 Å². The number of hydrogen-bond acceptors (Lipinski definition) is 1. The Balaban J connectivity index is 0.000000222. The molecule has 137 valence electrons. The average Bonchev–Trinajstić information content (AvgIpc) is 3.31. The summed E-state index contributed by atoms with van der Waals surface area (Å²) >= 11 is 1.54. The second-order valence-electron chi connectivity index (χ2n) is 6.68. The minimum atomic E-state index is -0.293. The van der Waals surface area contributed by atoms with Crippen molar-refractivity contribution in [2.75, 3.05) is 0 Å². The summed E-state index contributed by atoms with van der Waals surface area (Å²) in [5, 5.41) is 2.15. The predicted octanol–water partition coefficient (Wildman–Crippen LogP) is 0.415. The molecular formula is C22H21Cl2SSiZr. The number of rotatable bonds is 2. The van der Waals surface area contributed by atoms with Crippen LogP contribution in [0.1, 0.15) is 14.8 Å². The molecule has 3 aliphatic rings. The summed E-state index contributed by atoms with van der Waals surface area (Å²) in [4.78, 5) is 1.48. The molecule has 5 heteroatoms. The smallest absolute Gasteiger partial charge is 1.00 e. The van der Waals surface area contributed by atoms with Gasteiger partial charge in [-0.05, 0) is 10.3 Å². The first-order valence-corrected chi connectivity index (χ1v) is 17.2. The molecule has 0 amide bonds.